The average molecular weight is 252 g/mol. The van der Waals surface area contributed by atoms with Gasteiger partial charge in [-0.25, -0.2) is 0 Å². The van der Waals surface area contributed by atoms with Gasteiger partial charge in [-0.1, -0.05) is 30.3 Å². The predicted octanol–water partition coefficient (Wildman–Crippen LogP) is 2.45. The second-order valence-electron chi connectivity index (χ2n) is 4.66. The highest BCUT2D eigenvalue weighted by molar-refractivity contribution is 6.07. The average Bonchev–Trinajstić information content (AvgIpc) is 3.03. The Morgan fingerprint density at radius 3 is 2.95 bits per heavy atom. The number of ether oxygens (including phenoxy) is 1. The van der Waals surface area contributed by atoms with Crippen LogP contribution in [0.25, 0.3) is 0 Å². The van der Waals surface area contributed by atoms with Gasteiger partial charge in [0.25, 0.3) is 0 Å². The van der Waals surface area contributed by atoms with Crippen molar-refractivity contribution in [2.24, 2.45) is 15.2 Å². The van der Waals surface area contributed by atoms with Crippen molar-refractivity contribution in [3.05, 3.63) is 59.2 Å². The monoisotopic (exact) mass is 252 g/mol. The number of fused-ring (bicyclic) bond motifs is 4. The van der Waals surface area contributed by atoms with Gasteiger partial charge in [-0.05, 0) is 5.56 Å². The molecular formula is C14H12N4O. The molecule has 0 saturated heterocycles. The number of nitrogens with zero attached hydrogens (tertiary/aromatic N) is 4. The number of rotatable bonds is 3. The Labute approximate surface area is 110 Å². The third-order valence-electron chi connectivity index (χ3n) is 3.33. The van der Waals surface area contributed by atoms with Crippen LogP contribution < -0.4 is 0 Å². The molecule has 19 heavy (non-hydrogen) atoms. The van der Waals surface area contributed by atoms with E-state index in [2.05, 4.69) is 20.1 Å². The van der Waals surface area contributed by atoms with Crippen LogP contribution in [0, 0.1) is 0 Å². The smallest absolute Gasteiger partial charge is 0.245 e. The zero-order chi connectivity index (χ0) is 12.7. The topological polar surface area (TPSA) is 49.6 Å². The normalized spacial score (nSPS) is 19.5. The third kappa shape index (κ3) is 1.74. The maximum Gasteiger partial charge on any atom is 0.245 e. The van der Waals surface area contributed by atoms with Crippen LogP contribution in [0.4, 0.5) is 0 Å². The van der Waals surface area contributed by atoms with Gasteiger partial charge in [0.2, 0.25) is 5.88 Å². The number of benzene rings is 1. The summed E-state index contributed by atoms with van der Waals surface area (Å²) in [4.78, 5) is 6.60. The summed E-state index contributed by atoms with van der Waals surface area (Å²) < 4.78 is 5.79. The summed E-state index contributed by atoms with van der Waals surface area (Å²) in [6, 6.07) is 10.0. The number of hydrogen-bond donors (Lipinski definition) is 0. The molecule has 4 rings (SSSR count). The van der Waals surface area contributed by atoms with Gasteiger partial charge >= 0.3 is 0 Å². The van der Waals surface area contributed by atoms with Gasteiger partial charge in [0.1, 0.15) is 19.0 Å². The van der Waals surface area contributed by atoms with Crippen LogP contribution in [0.1, 0.15) is 5.56 Å². The van der Waals surface area contributed by atoms with Gasteiger partial charge in [-0.15, -0.1) is 10.2 Å². The maximum absolute atomic E-state index is 5.79. The molecule has 0 atom stereocenters. The molecule has 3 aliphatic heterocycles. The van der Waals surface area contributed by atoms with Crippen molar-refractivity contribution in [2.45, 2.75) is 6.61 Å². The third-order valence-corrected chi connectivity index (χ3v) is 3.33. The lowest BCUT2D eigenvalue weighted by Crippen LogP contribution is -2.24. The highest BCUT2D eigenvalue weighted by Gasteiger charge is 2.32. The first kappa shape index (κ1) is 10.5. The molecule has 3 aliphatic rings. The van der Waals surface area contributed by atoms with E-state index in [1.807, 2.05) is 36.5 Å². The summed E-state index contributed by atoms with van der Waals surface area (Å²) in [5, 5.41) is 8.28. The highest BCUT2D eigenvalue weighted by atomic mass is 16.5. The van der Waals surface area contributed by atoms with Crippen molar-refractivity contribution < 1.29 is 4.74 Å². The minimum absolute atomic E-state index is 0.503. The maximum atomic E-state index is 5.79. The fraction of sp³-hybridized carbons (Fsp3) is 0.214. The Hall–Kier alpha value is -2.43. The quantitative estimate of drug-likeness (QED) is 0.829. The zero-order valence-corrected chi connectivity index (χ0v) is 10.3. The van der Waals surface area contributed by atoms with Crippen molar-refractivity contribution in [1.29, 1.82) is 0 Å². The molecule has 0 amide bonds. The molecule has 2 bridgehead atoms. The molecule has 1 aromatic carbocycles. The van der Waals surface area contributed by atoms with E-state index in [1.54, 1.807) is 0 Å². The van der Waals surface area contributed by atoms with Crippen molar-refractivity contribution in [3.63, 3.8) is 0 Å². The van der Waals surface area contributed by atoms with E-state index in [4.69, 9.17) is 4.74 Å². The van der Waals surface area contributed by atoms with Crippen molar-refractivity contribution in [3.8, 4) is 0 Å². The number of allylic oxidation sites excluding steroid dienone is 1. The van der Waals surface area contributed by atoms with E-state index in [1.165, 1.54) is 0 Å². The molecule has 0 aliphatic carbocycles. The van der Waals surface area contributed by atoms with E-state index in [9.17, 15) is 0 Å². The minimum Gasteiger partial charge on any atom is -0.471 e. The van der Waals surface area contributed by atoms with Crippen LogP contribution in [-0.4, -0.2) is 23.8 Å². The van der Waals surface area contributed by atoms with E-state index >= 15 is 0 Å². The summed E-state index contributed by atoms with van der Waals surface area (Å²) in [5.41, 5.74) is 3.98. The van der Waals surface area contributed by atoms with Gasteiger partial charge in [0, 0.05) is 6.20 Å². The molecule has 0 radical (unpaired) electrons. The summed E-state index contributed by atoms with van der Waals surface area (Å²) in [6.07, 6.45) is 2.00. The lowest BCUT2D eigenvalue weighted by molar-refractivity contribution is 0.195. The first-order valence-electron chi connectivity index (χ1n) is 6.23. The van der Waals surface area contributed by atoms with Crippen LogP contribution in [0.3, 0.4) is 0 Å². The van der Waals surface area contributed by atoms with Crippen molar-refractivity contribution in [2.75, 3.05) is 13.2 Å². The van der Waals surface area contributed by atoms with E-state index in [0.29, 0.717) is 19.2 Å². The van der Waals surface area contributed by atoms with Gasteiger partial charge in [0.15, 0.2) is 0 Å². The lowest BCUT2D eigenvalue weighted by atomic mass is 10.1. The molecule has 0 saturated carbocycles. The number of hydrogen-bond acceptors (Lipinski definition) is 5. The van der Waals surface area contributed by atoms with Crippen LogP contribution >= 0.6 is 0 Å². The fourth-order valence-corrected chi connectivity index (χ4v) is 2.38. The van der Waals surface area contributed by atoms with Gasteiger partial charge in [-0.2, -0.15) is 0 Å². The molecule has 0 spiro atoms. The number of azo groups is 1. The summed E-state index contributed by atoms with van der Waals surface area (Å²) in [5.74, 6) is 0.593. The molecule has 0 unspecified atom stereocenters. The van der Waals surface area contributed by atoms with E-state index < -0.39 is 0 Å². The summed E-state index contributed by atoms with van der Waals surface area (Å²) in [7, 11) is 0. The van der Waals surface area contributed by atoms with E-state index in [-0.39, 0.29) is 0 Å². The van der Waals surface area contributed by atoms with Crippen LogP contribution in [0.15, 0.2) is 68.9 Å². The molecule has 5 nitrogen and oxygen atoms in total. The first-order chi connectivity index (χ1) is 9.40. The Bertz CT molecular complexity index is 643. The van der Waals surface area contributed by atoms with Gasteiger partial charge < -0.3 is 9.64 Å². The fourth-order valence-electron chi connectivity index (χ4n) is 2.38. The Morgan fingerprint density at radius 1 is 1.16 bits per heavy atom. The molecule has 0 aromatic heterocycles. The van der Waals surface area contributed by atoms with E-state index in [0.717, 1.165) is 29.1 Å². The Morgan fingerprint density at radius 2 is 2.05 bits per heavy atom. The van der Waals surface area contributed by atoms with Crippen molar-refractivity contribution >= 4 is 5.71 Å². The van der Waals surface area contributed by atoms with Crippen molar-refractivity contribution in [1.82, 2.24) is 4.90 Å². The van der Waals surface area contributed by atoms with Crippen LogP contribution in [-0.2, 0) is 11.3 Å². The lowest BCUT2D eigenvalue weighted by Gasteiger charge is -2.17. The molecule has 3 heterocycles. The molecule has 1 aromatic rings. The molecule has 94 valence electrons. The summed E-state index contributed by atoms with van der Waals surface area (Å²) >= 11 is 0. The zero-order valence-electron chi connectivity index (χ0n) is 10.3. The second kappa shape index (κ2) is 4.05. The Kier molecular flexibility index (Phi) is 2.24. The van der Waals surface area contributed by atoms with Crippen LogP contribution in [0.5, 0.6) is 0 Å². The van der Waals surface area contributed by atoms with Gasteiger partial charge in [-0.3, -0.25) is 4.99 Å². The first-order valence-corrected chi connectivity index (χ1v) is 6.23. The largest absolute Gasteiger partial charge is 0.471 e. The minimum atomic E-state index is 0.503. The molecule has 0 fully saturated rings. The number of aliphatic imine (C=N–C) groups is 1. The van der Waals surface area contributed by atoms with Gasteiger partial charge in [0.05, 0.1) is 17.8 Å². The molecular weight excluding hydrogens is 240 g/mol. The summed E-state index contributed by atoms with van der Waals surface area (Å²) in [6.45, 7) is 2.05. The van der Waals surface area contributed by atoms with Crippen LogP contribution in [0.2, 0.25) is 0 Å². The molecule has 0 N–H and O–H groups in total. The Balaban J connectivity index is 1.60. The standard InChI is InChI=1S/C14H12N4O/c1-2-4-10(5-3-1)8-19-14-13-11-6-18(9-15-11)7-12(13)16-17-14/h1-5,7H,6,8-9H2. The second-order valence-corrected chi connectivity index (χ2v) is 4.66. The molecule has 5 heteroatoms. The SMILES string of the molecule is C1=C2N=NC(OCc3ccccc3)=C2C2=NCN1C2. The highest BCUT2D eigenvalue weighted by Crippen LogP contribution is 2.33. The predicted molar refractivity (Wildman–Crippen MR) is 70.2 cm³/mol.